The molecule has 0 aliphatic rings. The first-order valence-electron chi connectivity index (χ1n) is 4.71. The van der Waals surface area contributed by atoms with Crippen LogP contribution in [-0.4, -0.2) is 17.6 Å². The Labute approximate surface area is 104 Å². The van der Waals surface area contributed by atoms with Crippen LogP contribution in [0.1, 0.15) is 35.1 Å². The van der Waals surface area contributed by atoms with E-state index < -0.39 is 29.6 Å². The molecule has 0 bridgehead atoms. The molecular formula is C10H9BrF3NO2. The number of hydrogen-bond acceptors (Lipinski definition) is 3. The second-order valence-electron chi connectivity index (χ2n) is 3.01. The lowest BCUT2D eigenvalue weighted by Gasteiger charge is -2.09. The van der Waals surface area contributed by atoms with Crippen LogP contribution < -0.4 is 0 Å². The molecule has 0 aliphatic carbocycles. The molecule has 0 radical (unpaired) electrons. The van der Waals surface area contributed by atoms with Gasteiger partial charge in [0, 0.05) is 17.0 Å². The largest absolute Gasteiger partial charge is 0.461 e. The van der Waals surface area contributed by atoms with Gasteiger partial charge in [0.25, 0.3) is 6.43 Å². The molecule has 0 saturated heterocycles. The van der Waals surface area contributed by atoms with Gasteiger partial charge < -0.3 is 4.74 Å². The Kier molecular flexibility index (Phi) is 4.92. The zero-order valence-corrected chi connectivity index (χ0v) is 10.4. The highest BCUT2D eigenvalue weighted by Gasteiger charge is 2.22. The van der Waals surface area contributed by atoms with Gasteiger partial charge in [0.05, 0.1) is 6.61 Å². The summed E-state index contributed by atoms with van der Waals surface area (Å²) in [6, 6.07) is 0.792. The van der Waals surface area contributed by atoms with E-state index in [9.17, 15) is 18.0 Å². The summed E-state index contributed by atoms with van der Waals surface area (Å²) in [6.07, 6.45) is -2.95. The van der Waals surface area contributed by atoms with Crippen molar-refractivity contribution < 1.29 is 22.7 Å². The lowest BCUT2D eigenvalue weighted by molar-refractivity contribution is 0.0517. The second-order valence-corrected chi connectivity index (χ2v) is 3.57. The number of ether oxygens (including phenoxy) is 1. The van der Waals surface area contributed by atoms with Crippen molar-refractivity contribution in [2.45, 2.75) is 18.7 Å². The maximum Gasteiger partial charge on any atom is 0.357 e. The Hall–Kier alpha value is -1.11. The predicted molar refractivity (Wildman–Crippen MR) is 57.7 cm³/mol. The Balaban J connectivity index is 3.24. The Morgan fingerprint density at radius 1 is 1.59 bits per heavy atom. The Bertz CT molecular complexity index is 426. The minimum Gasteiger partial charge on any atom is -0.461 e. The van der Waals surface area contributed by atoms with Crippen LogP contribution in [0.25, 0.3) is 0 Å². The summed E-state index contributed by atoms with van der Waals surface area (Å²) in [4.78, 5) is 14.7. The molecule has 1 heterocycles. The van der Waals surface area contributed by atoms with Gasteiger partial charge in [-0.1, -0.05) is 15.9 Å². The zero-order valence-electron chi connectivity index (χ0n) is 8.84. The molecule has 0 saturated carbocycles. The molecule has 0 aromatic carbocycles. The Morgan fingerprint density at radius 2 is 2.24 bits per heavy atom. The van der Waals surface area contributed by atoms with E-state index in [-0.39, 0.29) is 17.5 Å². The van der Waals surface area contributed by atoms with Gasteiger partial charge >= 0.3 is 5.97 Å². The highest BCUT2D eigenvalue weighted by molar-refractivity contribution is 9.08. The minimum absolute atomic E-state index is 0.0618. The van der Waals surface area contributed by atoms with Gasteiger partial charge in [0.2, 0.25) is 0 Å². The van der Waals surface area contributed by atoms with Gasteiger partial charge in [-0.3, -0.25) is 0 Å². The first-order chi connectivity index (χ1) is 8.01. The van der Waals surface area contributed by atoms with Gasteiger partial charge in [-0.15, -0.1) is 0 Å². The summed E-state index contributed by atoms with van der Waals surface area (Å²) in [5.41, 5.74) is -1.46. The van der Waals surface area contributed by atoms with Crippen LogP contribution in [0.2, 0.25) is 0 Å². The quantitative estimate of drug-likeness (QED) is 0.633. The van der Waals surface area contributed by atoms with Crippen molar-refractivity contribution in [1.82, 2.24) is 4.98 Å². The van der Waals surface area contributed by atoms with Crippen molar-refractivity contribution in [1.29, 1.82) is 0 Å². The minimum atomic E-state index is -2.95. The molecule has 0 N–H and O–H groups in total. The van der Waals surface area contributed by atoms with Crippen molar-refractivity contribution in [3.05, 3.63) is 28.8 Å². The third-order valence-corrected chi connectivity index (χ3v) is 2.49. The summed E-state index contributed by atoms with van der Waals surface area (Å²) < 4.78 is 43.3. The molecule has 0 aliphatic heterocycles. The standard InChI is InChI=1S/C10H9BrF3NO2/c1-2-17-10(16)7-3-6(12)5(4-11)8(15-7)9(13)14/h3,9H,2,4H2,1H3. The zero-order chi connectivity index (χ0) is 13.0. The van der Waals surface area contributed by atoms with Gasteiger partial charge in [0.15, 0.2) is 5.69 Å². The molecule has 1 aromatic rings. The van der Waals surface area contributed by atoms with Gasteiger partial charge in [0.1, 0.15) is 11.5 Å². The molecule has 0 fully saturated rings. The van der Waals surface area contributed by atoms with E-state index in [0.29, 0.717) is 0 Å². The lowest BCUT2D eigenvalue weighted by Crippen LogP contribution is -2.11. The molecule has 0 unspecified atom stereocenters. The summed E-state index contributed by atoms with van der Waals surface area (Å²) >= 11 is 2.89. The number of alkyl halides is 3. The number of carbonyl (C=O) groups excluding carboxylic acids is 1. The monoisotopic (exact) mass is 311 g/mol. The van der Waals surface area contributed by atoms with Crippen LogP contribution in [-0.2, 0) is 10.1 Å². The number of rotatable bonds is 4. The number of carbonyl (C=O) groups is 1. The number of aromatic nitrogens is 1. The second kappa shape index (κ2) is 6.00. The number of hydrogen-bond donors (Lipinski definition) is 0. The summed E-state index contributed by atoms with van der Waals surface area (Å²) in [7, 11) is 0. The predicted octanol–water partition coefficient (Wildman–Crippen LogP) is 3.23. The summed E-state index contributed by atoms with van der Waals surface area (Å²) in [5.74, 6) is -1.83. The van der Waals surface area contributed by atoms with Crippen LogP contribution in [0, 0.1) is 5.82 Å². The molecule has 94 valence electrons. The SMILES string of the molecule is CCOC(=O)c1cc(F)c(CBr)c(C(F)F)n1. The maximum atomic E-state index is 13.5. The fourth-order valence-corrected chi connectivity index (χ4v) is 1.74. The van der Waals surface area contributed by atoms with Crippen LogP contribution in [0.15, 0.2) is 6.07 Å². The molecular weight excluding hydrogens is 303 g/mol. The molecule has 3 nitrogen and oxygen atoms in total. The van der Waals surface area contributed by atoms with Crippen LogP contribution in [0.3, 0.4) is 0 Å². The molecule has 1 rings (SSSR count). The highest BCUT2D eigenvalue weighted by atomic mass is 79.9. The van der Waals surface area contributed by atoms with E-state index in [4.69, 9.17) is 0 Å². The number of nitrogens with zero attached hydrogens (tertiary/aromatic N) is 1. The number of esters is 1. The van der Waals surface area contributed by atoms with Crippen molar-refractivity contribution in [3.63, 3.8) is 0 Å². The average Bonchev–Trinajstić information content (AvgIpc) is 2.28. The van der Waals surface area contributed by atoms with Crippen molar-refractivity contribution in [2.24, 2.45) is 0 Å². The summed E-state index contributed by atoms with van der Waals surface area (Å²) in [6.45, 7) is 1.61. The lowest BCUT2D eigenvalue weighted by atomic mass is 10.2. The molecule has 7 heteroatoms. The van der Waals surface area contributed by atoms with Gasteiger partial charge in [-0.05, 0) is 6.92 Å². The third kappa shape index (κ3) is 3.18. The smallest absolute Gasteiger partial charge is 0.357 e. The van der Waals surface area contributed by atoms with Crippen LogP contribution in [0.5, 0.6) is 0 Å². The van der Waals surface area contributed by atoms with Crippen molar-refractivity contribution in [3.8, 4) is 0 Å². The Morgan fingerprint density at radius 3 is 2.71 bits per heavy atom. The highest BCUT2D eigenvalue weighted by Crippen LogP contribution is 2.25. The van der Waals surface area contributed by atoms with Crippen LogP contribution in [0.4, 0.5) is 13.2 Å². The first-order valence-corrected chi connectivity index (χ1v) is 5.83. The number of pyridine rings is 1. The normalized spacial score (nSPS) is 10.7. The van der Waals surface area contributed by atoms with Crippen molar-refractivity contribution >= 4 is 21.9 Å². The van der Waals surface area contributed by atoms with E-state index >= 15 is 0 Å². The molecule has 0 atom stereocenters. The molecule has 0 spiro atoms. The maximum absolute atomic E-state index is 13.5. The third-order valence-electron chi connectivity index (χ3n) is 1.93. The first kappa shape index (κ1) is 14.0. The average molecular weight is 312 g/mol. The fraction of sp³-hybridized carbons (Fsp3) is 0.400. The van der Waals surface area contributed by atoms with E-state index in [1.54, 1.807) is 6.92 Å². The molecule has 17 heavy (non-hydrogen) atoms. The fourth-order valence-electron chi connectivity index (χ4n) is 1.18. The van der Waals surface area contributed by atoms with Crippen LogP contribution >= 0.6 is 15.9 Å². The topological polar surface area (TPSA) is 39.2 Å². The van der Waals surface area contributed by atoms with Gasteiger partial charge in [-0.2, -0.15) is 0 Å². The van der Waals surface area contributed by atoms with E-state index in [2.05, 4.69) is 25.7 Å². The van der Waals surface area contributed by atoms with Gasteiger partial charge in [-0.25, -0.2) is 22.9 Å². The van der Waals surface area contributed by atoms with E-state index in [0.717, 1.165) is 6.07 Å². The molecule has 1 aromatic heterocycles. The number of halogens is 4. The van der Waals surface area contributed by atoms with E-state index in [1.165, 1.54) is 0 Å². The summed E-state index contributed by atoms with van der Waals surface area (Å²) in [5, 5.41) is -0.103. The van der Waals surface area contributed by atoms with Crippen molar-refractivity contribution in [2.75, 3.05) is 6.61 Å². The van der Waals surface area contributed by atoms with E-state index in [1.807, 2.05) is 0 Å². The molecule has 0 amide bonds.